The lowest BCUT2D eigenvalue weighted by Crippen LogP contribution is -2.29. The van der Waals surface area contributed by atoms with Crippen LogP contribution in [0.4, 0.5) is 0 Å². The predicted octanol–water partition coefficient (Wildman–Crippen LogP) is 2.69. The molecule has 1 amide bonds. The van der Waals surface area contributed by atoms with Crippen LogP contribution >= 0.6 is 0 Å². The molecule has 0 aromatic carbocycles. The van der Waals surface area contributed by atoms with Crippen LogP contribution in [0.15, 0.2) is 34.9 Å². The van der Waals surface area contributed by atoms with Crippen molar-refractivity contribution in [2.24, 2.45) is 0 Å². The van der Waals surface area contributed by atoms with Crippen molar-refractivity contribution in [1.29, 1.82) is 0 Å². The first kappa shape index (κ1) is 14.4. The largest absolute Gasteiger partial charge is 0.349 e. The Labute approximate surface area is 109 Å². The van der Waals surface area contributed by atoms with Gasteiger partial charge in [0.15, 0.2) is 0 Å². The summed E-state index contributed by atoms with van der Waals surface area (Å²) in [4.78, 5) is 21.2. The Morgan fingerprint density at radius 2 is 1.94 bits per heavy atom. The zero-order valence-electron chi connectivity index (χ0n) is 11.1. The van der Waals surface area contributed by atoms with Gasteiger partial charge in [-0.2, -0.15) is 0 Å². The summed E-state index contributed by atoms with van der Waals surface area (Å²) >= 11 is 0. The highest BCUT2D eigenvalue weighted by Gasteiger charge is 2.11. The number of allylic oxidation sites excluding steroid dienone is 5. The molecule has 0 radical (unpaired) electrons. The average molecular weight is 247 g/mol. The average Bonchev–Trinajstić information content (AvgIpc) is 2.59. The smallest absolute Gasteiger partial charge is 0.207 e. The van der Waals surface area contributed by atoms with Crippen molar-refractivity contribution in [2.75, 3.05) is 0 Å². The van der Waals surface area contributed by atoms with Crippen molar-refractivity contribution in [2.45, 2.75) is 45.6 Å². The van der Waals surface area contributed by atoms with Gasteiger partial charge in [0, 0.05) is 0 Å². The second kappa shape index (κ2) is 7.64. The van der Waals surface area contributed by atoms with E-state index >= 15 is 0 Å². The number of carbonyl (C=O) groups excluding carboxylic acids is 2. The van der Waals surface area contributed by atoms with Crippen molar-refractivity contribution in [3.8, 4) is 0 Å². The maximum absolute atomic E-state index is 10.8. The number of nitrogens with one attached hydrogen (secondary N) is 1. The Balaban J connectivity index is 2.77. The van der Waals surface area contributed by atoms with Crippen LogP contribution < -0.4 is 5.32 Å². The second-order valence-corrected chi connectivity index (χ2v) is 4.39. The van der Waals surface area contributed by atoms with Gasteiger partial charge in [0.05, 0.1) is 6.04 Å². The summed E-state index contributed by atoms with van der Waals surface area (Å²) < 4.78 is 0. The topological polar surface area (TPSA) is 46.2 Å². The van der Waals surface area contributed by atoms with E-state index in [1.165, 1.54) is 16.7 Å². The molecule has 0 unspecified atom stereocenters. The number of hydrogen-bond donors (Lipinski definition) is 1. The molecule has 1 N–H and O–H groups in total. The standard InChI is InChI=1S/C15H21NO2/c1-3-13-7-5-12(6-8-14(13)4-2)9-15(10-17)16-11-18/h5,7-8,10-11,15H,3-4,6,9H2,1-2H3,(H,16,18)/t15-/m1/s1. The zero-order chi connectivity index (χ0) is 13.4. The van der Waals surface area contributed by atoms with Gasteiger partial charge in [0.2, 0.25) is 6.41 Å². The third-order valence-corrected chi connectivity index (χ3v) is 3.23. The van der Waals surface area contributed by atoms with Crippen molar-refractivity contribution in [3.05, 3.63) is 34.9 Å². The van der Waals surface area contributed by atoms with Gasteiger partial charge in [0.1, 0.15) is 6.29 Å². The molecule has 1 aliphatic rings. The fraction of sp³-hybridized carbons (Fsp3) is 0.467. The molecule has 0 spiro atoms. The Morgan fingerprint density at radius 3 is 2.50 bits per heavy atom. The van der Waals surface area contributed by atoms with E-state index in [9.17, 15) is 9.59 Å². The normalized spacial score (nSPS) is 16.9. The highest BCUT2D eigenvalue weighted by Crippen LogP contribution is 2.24. The summed E-state index contributed by atoms with van der Waals surface area (Å²) in [5.41, 5.74) is 3.92. The van der Waals surface area contributed by atoms with Gasteiger partial charge in [-0.25, -0.2) is 0 Å². The molecule has 1 rings (SSSR count). The van der Waals surface area contributed by atoms with Crippen LogP contribution in [-0.2, 0) is 9.59 Å². The van der Waals surface area contributed by atoms with E-state index in [1.807, 2.05) is 0 Å². The van der Waals surface area contributed by atoms with Crippen molar-refractivity contribution >= 4 is 12.7 Å². The van der Waals surface area contributed by atoms with Crippen LogP contribution in [0.3, 0.4) is 0 Å². The zero-order valence-corrected chi connectivity index (χ0v) is 11.1. The molecule has 0 heterocycles. The summed E-state index contributed by atoms with van der Waals surface area (Å²) in [5.74, 6) is 0. The Morgan fingerprint density at radius 1 is 1.22 bits per heavy atom. The van der Waals surface area contributed by atoms with Crippen molar-refractivity contribution in [1.82, 2.24) is 5.32 Å². The first-order valence-electron chi connectivity index (χ1n) is 6.48. The summed E-state index contributed by atoms with van der Waals surface area (Å²) in [5, 5.41) is 2.52. The molecule has 0 aliphatic heterocycles. The molecular weight excluding hydrogens is 226 g/mol. The SMILES string of the molecule is CCC1=CC=C(C[C@H](C=O)NC=O)CC=C1CC. The summed E-state index contributed by atoms with van der Waals surface area (Å²) in [6.45, 7) is 4.30. The van der Waals surface area contributed by atoms with Gasteiger partial charge in [-0.15, -0.1) is 0 Å². The van der Waals surface area contributed by atoms with E-state index in [4.69, 9.17) is 0 Å². The predicted molar refractivity (Wildman–Crippen MR) is 73.1 cm³/mol. The molecule has 0 saturated carbocycles. The molecule has 0 bridgehead atoms. The van der Waals surface area contributed by atoms with Crippen LogP contribution in [0, 0.1) is 0 Å². The van der Waals surface area contributed by atoms with Crippen LogP contribution in [0.25, 0.3) is 0 Å². The van der Waals surface area contributed by atoms with Crippen LogP contribution in [-0.4, -0.2) is 18.7 Å². The Kier molecular flexibility index (Phi) is 6.12. The lowest BCUT2D eigenvalue weighted by atomic mass is 10.0. The van der Waals surface area contributed by atoms with Crippen LogP contribution in [0.1, 0.15) is 39.5 Å². The Bertz CT molecular complexity index is 391. The van der Waals surface area contributed by atoms with E-state index in [0.29, 0.717) is 12.8 Å². The lowest BCUT2D eigenvalue weighted by molar-refractivity contribution is -0.115. The van der Waals surface area contributed by atoms with E-state index < -0.39 is 6.04 Å². The fourth-order valence-corrected chi connectivity index (χ4v) is 2.16. The van der Waals surface area contributed by atoms with Gasteiger partial charge >= 0.3 is 0 Å². The van der Waals surface area contributed by atoms with E-state index in [-0.39, 0.29) is 0 Å². The summed E-state index contributed by atoms with van der Waals surface area (Å²) in [6, 6.07) is -0.413. The van der Waals surface area contributed by atoms with Gasteiger partial charge in [-0.05, 0) is 36.8 Å². The maximum atomic E-state index is 10.8. The highest BCUT2D eigenvalue weighted by molar-refractivity contribution is 5.64. The minimum Gasteiger partial charge on any atom is -0.349 e. The number of carbonyl (C=O) groups is 2. The van der Waals surface area contributed by atoms with Gasteiger partial charge in [-0.1, -0.05) is 37.6 Å². The highest BCUT2D eigenvalue weighted by atomic mass is 16.1. The molecule has 0 fully saturated rings. The third kappa shape index (κ3) is 3.99. The third-order valence-electron chi connectivity index (χ3n) is 3.23. The summed E-state index contributed by atoms with van der Waals surface area (Å²) in [7, 11) is 0. The van der Waals surface area contributed by atoms with Crippen LogP contribution in [0.2, 0.25) is 0 Å². The maximum Gasteiger partial charge on any atom is 0.207 e. The van der Waals surface area contributed by atoms with E-state index in [2.05, 4.69) is 37.4 Å². The first-order chi connectivity index (χ1) is 8.74. The molecule has 18 heavy (non-hydrogen) atoms. The van der Waals surface area contributed by atoms with E-state index in [0.717, 1.165) is 25.5 Å². The van der Waals surface area contributed by atoms with Gasteiger partial charge < -0.3 is 10.1 Å². The molecule has 3 heteroatoms. The quantitative estimate of drug-likeness (QED) is 0.703. The molecule has 1 aliphatic carbocycles. The number of amides is 1. The molecule has 98 valence electrons. The molecule has 0 aromatic heterocycles. The molecule has 1 atom stereocenters. The number of hydrogen-bond acceptors (Lipinski definition) is 2. The fourth-order valence-electron chi connectivity index (χ4n) is 2.16. The van der Waals surface area contributed by atoms with Crippen molar-refractivity contribution in [3.63, 3.8) is 0 Å². The molecular formula is C15H21NO2. The second-order valence-electron chi connectivity index (χ2n) is 4.39. The molecule has 0 saturated heterocycles. The first-order valence-corrected chi connectivity index (χ1v) is 6.48. The Hall–Kier alpha value is -1.64. The summed E-state index contributed by atoms with van der Waals surface area (Å²) in [6.07, 6.45) is 11.3. The lowest BCUT2D eigenvalue weighted by Gasteiger charge is -2.10. The number of rotatable bonds is 7. The van der Waals surface area contributed by atoms with E-state index in [1.54, 1.807) is 0 Å². The molecule has 0 aromatic rings. The number of aldehydes is 1. The molecule has 3 nitrogen and oxygen atoms in total. The van der Waals surface area contributed by atoms with Crippen LogP contribution in [0.5, 0.6) is 0 Å². The van der Waals surface area contributed by atoms with Gasteiger partial charge in [0.25, 0.3) is 0 Å². The minimum atomic E-state index is -0.413. The van der Waals surface area contributed by atoms with Gasteiger partial charge in [-0.3, -0.25) is 4.79 Å². The van der Waals surface area contributed by atoms with Crippen molar-refractivity contribution < 1.29 is 9.59 Å². The minimum absolute atomic E-state index is 0.413. The monoisotopic (exact) mass is 247 g/mol.